The molecule has 1 aliphatic rings. The van der Waals surface area contributed by atoms with Crippen LogP contribution in [0.1, 0.15) is 13.8 Å². The van der Waals surface area contributed by atoms with Crippen LogP contribution in [-0.4, -0.2) is 22.1 Å². The summed E-state index contributed by atoms with van der Waals surface area (Å²) in [7, 11) is 0. The number of halogens is 2. The molecule has 3 N–H and O–H groups in total. The maximum atomic E-state index is 13.8. The van der Waals surface area contributed by atoms with Gasteiger partial charge in [-0.2, -0.15) is 4.98 Å². The predicted octanol–water partition coefficient (Wildman–Crippen LogP) is 3.51. The molecule has 0 atom stereocenters. The second kappa shape index (κ2) is 5.49. The fourth-order valence-corrected chi connectivity index (χ4v) is 2.22. The zero-order chi connectivity index (χ0) is 15.7. The second-order valence-corrected chi connectivity index (χ2v) is 5.81. The van der Waals surface area contributed by atoms with Gasteiger partial charge in [-0.3, -0.25) is 4.84 Å². The summed E-state index contributed by atoms with van der Waals surface area (Å²) in [6, 6.07) is 5.44. The van der Waals surface area contributed by atoms with Crippen LogP contribution in [0.2, 0.25) is 0 Å². The molecule has 0 aliphatic carbocycles. The molecule has 0 amide bonds. The molecule has 2 aromatic rings. The van der Waals surface area contributed by atoms with Gasteiger partial charge in [-0.25, -0.2) is 9.37 Å². The van der Waals surface area contributed by atoms with Crippen molar-refractivity contribution in [1.29, 1.82) is 0 Å². The molecule has 0 bridgehead atoms. The summed E-state index contributed by atoms with van der Waals surface area (Å²) < 4.78 is 19.4. The Morgan fingerprint density at radius 2 is 2.23 bits per heavy atom. The highest BCUT2D eigenvalue weighted by Crippen LogP contribution is 2.35. The molecule has 6 nitrogen and oxygen atoms in total. The van der Waals surface area contributed by atoms with Crippen LogP contribution in [0.4, 0.5) is 27.5 Å². The van der Waals surface area contributed by atoms with Crippen LogP contribution < -0.4 is 20.2 Å². The Morgan fingerprint density at radius 1 is 1.41 bits per heavy atom. The van der Waals surface area contributed by atoms with Gasteiger partial charge in [0.1, 0.15) is 12.4 Å². The molecule has 1 aromatic heterocycles. The Hall–Kier alpha value is -2.28. The fraction of sp³-hybridized carbons (Fsp3) is 0.286. The lowest BCUT2D eigenvalue weighted by Crippen LogP contribution is -2.40. The highest BCUT2D eigenvalue weighted by molar-refractivity contribution is 6.23. The van der Waals surface area contributed by atoms with E-state index in [9.17, 15) is 4.39 Å². The molecule has 8 heteroatoms. The van der Waals surface area contributed by atoms with Gasteiger partial charge in [-0.1, -0.05) is 0 Å². The number of fused-ring (bicyclic) bond motifs is 1. The molecule has 0 radical (unpaired) electrons. The molecular weight excluding hydrogens is 309 g/mol. The van der Waals surface area contributed by atoms with Gasteiger partial charge in [-0.05, 0) is 32.0 Å². The van der Waals surface area contributed by atoms with Crippen molar-refractivity contribution in [2.24, 2.45) is 0 Å². The van der Waals surface area contributed by atoms with E-state index < -0.39 is 5.82 Å². The lowest BCUT2D eigenvalue weighted by Gasteiger charge is -2.33. The third kappa shape index (κ3) is 2.99. The molecule has 22 heavy (non-hydrogen) atoms. The van der Waals surface area contributed by atoms with Crippen molar-refractivity contribution in [3.05, 3.63) is 30.2 Å². The summed E-state index contributed by atoms with van der Waals surface area (Å²) >= 11 is 5.43. The molecule has 0 saturated heterocycles. The van der Waals surface area contributed by atoms with E-state index in [4.69, 9.17) is 16.5 Å². The van der Waals surface area contributed by atoms with Gasteiger partial charge < -0.3 is 15.4 Å². The molecule has 0 unspecified atom stereocenters. The number of nitrogens with one attached hydrogen (secondary N) is 3. The first-order valence-corrected chi connectivity index (χ1v) is 7.06. The Labute approximate surface area is 132 Å². The predicted molar refractivity (Wildman–Crippen MR) is 84.4 cm³/mol. The summed E-state index contributed by atoms with van der Waals surface area (Å²) in [5, 5.41) is 6.28. The monoisotopic (exact) mass is 323 g/mol. The molecule has 1 aromatic carbocycles. The van der Waals surface area contributed by atoms with Crippen molar-refractivity contribution >= 4 is 34.9 Å². The number of anilines is 4. The van der Waals surface area contributed by atoms with Gasteiger partial charge in [0.05, 0.1) is 17.4 Å². The average Bonchev–Trinajstić information content (AvgIpc) is 2.48. The summed E-state index contributed by atoms with van der Waals surface area (Å²) in [4.78, 5) is 9.87. The molecule has 1 aliphatic heterocycles. The van der Waals surface area contributed by atoms with E-state index in [-0.39, 0.29) is 17.3 Å². The standard InChI is InChI=1S/C14H15ClFN5O/c1-14(2)7-22-11-4-3-8(5-10(11)20-14)18-12-9(16)6-17-13(19-12)21-15/h3-6,20H,7H2,1-2H3,(H2,17,18,19,21). The van der Waals surface area contributed by atoms with Crippen molar-refractivity contribution < 1.29 is 9.13 Å². The Balaban J connectivity index is 1.88. The van der Waals surface area contributed by atoms with Gasteiger partial charge >= 0.3 is 0 Å². The molecule has 0 spiro atoms. The van der Waals surface area contributed by atoms with Crippen LogP contribution in [0.5, 0.6) is 5.75 Å². The summed E-state index contributed by atoms with van der Waals surface area (Å²) in [6.07, 6.45) is 1.04. The SMILES string of the molecule is CC1(C)COc2ccc(Nc3nc(NCl)ncc3F)cc2N1. The minimum absolute atomic E-state index is 0.0362. The number of aromatic nitrogens is 2. The van der Waals surface area contributed by atoms with Crippen LogP contribution in [0.25, 0.3) is 0 Å². The molecule has 0 saturated carbocycles. The molecular formula is C14H15ClFN5O. The van der Waals surface area contributed by atoms with Crippen molar-refractivity contribution in [2.45, 2.75) is 19.4 Å². The maximum absolute atomic E-state index is 13.8. The average molecular weight is 324 g/mol. The molecule has 2 heterocycles. The first-order chi connectivity index (χ1) is 10.5. The van der Waals surface area contributed by atoms with E-state index >= 15 is 0 Å². The zero-order valence-corrected chi connectivity index (χ0v) is 12.8. The molecule has 116 valence electrons. The van der Waals surface area contributed by atoms with E-state index in [0.717, 1.165) is 17.6 Å². The highest BCUT2D eigenvalue weighted by Gasteiger charge is 2.25. The van der Waals surface area contributed by atoms with Gasteiger partial charge in [-0.15, -0.1) is 0 Å². The summed E-state index contributed by atoms with van der Waals surface area (Å²) in [5.74, 6) is 0.342. The minimum Gasteiger partial charge on any atom is -0.489 e. The largest absolute Gasteiger partial charge is 0.489 e. The Morgan fingerprint density at radius 3 is 3.00 bits per heavy atom. The van der Waals surface area contributed by atoms with Gasteiger partial charge in [0.15, 0.2) is 11.6 Å². The van der Waals surface area contributed by atoms with Gasteiger partial charge in [0.2, 0.25) is 5.95 Å². The number of hydrogen-bond acceptors (Lipinski definition) is 6. The number of ether oxygens (including phenoxy) is 1. The normalized spacial score (nSPS) is 15.3. The highest BCUT2D eigenvalue weighted by atomic mass is 35.5. The van der Waals surface area contributed by atoms with Gasteiger partial charge in [0.25, 0.3) is 0 Å². The fourth-order valence-electron chi connectivity index (χ4n) is 2.13. The van der Waals surface area contributed by atoms with Crippen molar-refractivity contribution in [2.75, 3.05) is 22.1 Å². The van der Waals surface area contributed by atoms with Crippen LogP contribution in [0.3, 0.4) is 0 Å². The van der Waals surface area contributed by atoms with Crippen molar-refractivity contribution in [1.82, 2.24) is 9.97 Å². The van der Waals surface area contributed by atoms with E-state index in [2.05, 4.69) is 25.4 Å². The van der Waals surface area contributed by atoms with Crippen LogP contribution in [-0.2, 0) is 0 Å². The third-order valence-corrected chi connectivity index (χ3v) is 3.30. The Kier molecular flexibility index (Phi) is 3.66. The van der Waals surface area contributed by atoms with E-state index in [1.165, 1.54) is 0 Å². The number of rotatable bonds is 3. The lowest BCUT2D eigenvalue weighted by atomic mass is 10.0. The van der Waals surface area contributed by atoms with E-state index in [1.807, 2.05) is 26.0 Å². The smallest absolute Gasteiger partial charge is 0.239 e. The maximum Gasteiger partial charge on any atom is 0.239 e. The van der Waals surface area contributed by atoms with Crippen molar-refractivity contribution in [3.8, 4) is 5.75 Å². The lowest BCUT2D eigenvalue weighted by molar-refractivity contribution is 0.242. The van der Waals surface area contributed by atoms with Crippen LogP contribution >= 0.6 is 11.8 Å². The molecule has 0 fully saturated rings. The first kappa shape index (κ1) is 14.6. The van der Waals surface area contributed by atoms with Crippen LogP contribution in [0, 0.1) is 5.82 Å². The van der Waals surface area contributed by atoms with Crippen molar-refractivity contribution in [3.63, 3.8) is 0 Å². The number of benzene rings is 1. The van der Waals surface area contributed by atoms with Crippen LogP contribution in [0.15, 0.2) is 24.4 Å². The van der Waals surface area contributed by atoms with Gasteiger partial charge in [0, 0.05) is 17.5 Å². The van der Waals surface area contributed by atoms with E-state index in [1.54, 1.807) is 6.07 Å². The third-order valence-electron chi connectivity index (χ3n) is 3.13. The summed E-state index contributed by atoms with van der Waals surface area (Å²) in [5.41, 5.74) is 1.35. The minimum atomic E-state index is -0.571. The topological polar surface area (TPSA) is 71.1 Å². The first-order valence-electron chi connectivity index (χ1n) is 6.68. The zero-order valence-electron chi connectivity index (χ0n) is 12.1. The number of hydrogen-bond donors (Lipinski definition) is 3. The van der Waals surface area contributed by atoms with E-state index in [0.29, 0.717) is 12.3 Å². The Bertz CT molecular complexity index is 710. The number of nitrogens with zero attached hydrogens (tertiary/aromatic N) is 2. The molecule has 3 rings (SSSR count). The second-order valence-electron chi connectivity index (χ2n) is 5.62. The summed E-state index contributed by atoms with van der Waals surface area (Å²) in [6.45, 7) is 4.66. The quantitative estimate of drug-likeness (QED) is 0.751.